The monoisotopic (exact) mass is 810 g/mol. The summed E-state index contributed by atoms with van der Waals surface area (Å²) in [6.07, 6.45) is 4.00. The Bertz CT molecular complexity index is 3220. The van der Waals surface area contributed by atoms with E-state index in [0.29, 0.717) is 0 Å². The number of benzene rings is 9. The molecule has 0 unspecified atom stereocenters. The van der Waals surface area contributed by atoms with Crippen molar-refractivity contribution in [1.82, 2.24) is 4.57 Å². The largest absolute Gasteiger partial charge is 0.310 e. The first-order valence-corrected chi connectivity index (χ1v) is 22.0. The van der Waals surface area contributed by atoms with Crippen molar-refractivity contribution in [1.29, 1.82) is 0 Å². The first kappa shape index (κ1) is 39.5. The second-order valence-corrected chi connectivity index (χ2v) is 16.9. The molecule has 0 radical (unpaired) electrons. The molecule has 1 aromatic heterocycles. The van der Waals surface area contributed by atoms with Crippen LogP contribution in [0, 0.1) is 0 Å². The summed E-state index contributed by atoms with van der Waals surface area (Å²) in [4.78, 5) is 2.38. The summed E-state index contributed by atoms with van der Waals surface area (Å²) in [6, 6.07) is 79.7. The smallest absolute Gasteiger partial charge is 0.0541 e. The number of rotatable bonds is 7. The molecule has 0 saturated heterocycles. The van der Waals surface area contributed by atoms with E-state index in [4.69, 9.17) is 0 Å². The molecule has 0 spiro atoms. The minimum absolute atomic E-state index is 0.176. The van der Waals surface area contributed by atoms with E-state index in [1.165, 1.54) is 83.1 Å². The third kappa shape index (κ3) is 7.24. The van der Waals surface area contributed by atoms with Crippen LogP contribution in [-0.2, 0) is 5.41 Å². The molecule has 304 valence electrons. The number of aromatic nitrogens is 1. The second-order valence-electron chi connectivity index (χ2n) is 16.9. The van der Waals surface area contributed by atoms with E-state index >= 15 is 0 Å². The van der Waals surface area contributed by atoms with E-state index in [1.807, 2.05) is 26.0 Å². The molecular weight excluding hydrogens is 761 g/mol. The van der Waals surface area contributed by atoms with Crippen molar-refractivity contribution in [3.8, 4) is 50.2 Å². The molecule has 0 N–H and O–H groups in total. The van der Waals surface area contributed by atoms with E-state index in [0.717, 1.165) is 17.1 Å². The SMILES string of the molecule is C/C=C\C.CC1(C)c2cc(-c3ccc(-c4ccc5c(c4)c4ccccc4n5-c4ccccc4)cc3)ccc2-c2ccc(N(c3ccccc3)c3ccc(-c4ccccc4)cc3)cc21. The Hall–Kier alpha value is -7.68. The number of hydrogen-bond acceptors (Lipinski definition) is 1. The van der Waals surface area contributed by atoms with Crippen LogP contribution in [0.5, 0.6) is 0 Å². The van der Waals surface area contributed by atoms with Crippen molar-refractivity contribution in [2.75, 3.05) is 4.90 Å². The standard InChI is InChI=1S/C57H42N2.C4H8/c1-57(2)53-37-44(42-24-22-41(23-25-42)43-29-35-56-52(36-43)51-20-12-13-21-55(51)59(56)46-18-10-5-11-19-46)28-33-49(53)50-34-32-48(38-54(50)57)58(45-16-8-4-9-17-45)47-30-26-40(27-31-47)39-14-6-3-7-15-39;1-3-4-2/h3-38H,1-2H3;3-4H,1-2H3/b;4-3-. The van der Waals surface area contributed by atoms with Crippen LogP contribution in [0.1, 0.15) is 38.8 Å². The molecule has 0 aliphatic heterocycles. The van der Waals surface area contributed by atoms with Gasteiger partial charge in [-0.3, -0.25) is 0 Å². The Morgan fingerprint density at radius 3 is 1.48 bits per heavy atom. The number of allylic oxidation sites excluding steroid dienone is 2. The van der Waals surface area contributed by atoms with Gasteiger partial charge in [0.1, 0.15) is 0 Å². The highest BCUT2D eigenvalue weighted by atomic mass is 15.1. The van der Waals surface area contributed by atoms with Crippen molar-refractivity contribution < 1.29 is 0 Å². The molecule has 1 aliphatic rings. The van der Waals surface area contributed by atoms with Gasteiger partial charge in [-0.15, -0.1) is 0 Å². The van der Waals surface area contributed by atoms with Gasteiger partial charge in [-0.25, -0.2) is 0 Å². The van der Waals surface area contributed by atoms with Gasteiger partial charge in [-0.2, -0.15) is 0 Å². The van der Waals surface area contributed by atoms with Gasteiger partial charge in [-0.1, -0.05) is 172 Å². The van der Waals surface area contributed by atoms with Crippen LogP contribution in [0.25, 0.3) is 72.0 Å². The molecule has 2 heteroatoms. The Morgan fingerprint density at radius 1 is 0.365 bits per heavy atom. The lowest BCUT2D eigenvalue weighted by molar-refractivity contribution is 0.660. The lowest BCUT2D eigenvalue weighted by Gasteiger charge is -2.28. The highest BCUT2D eigenvalue weighted by Crippen LogP contribution is 2.52. The summed E-state index contributed by atoms with van der Waals surface area (Å²) in [5.41, 5.74) is 19.5. The van der Waals surface area contributed by atoms with Crippen LogP contribution in [0.2, 0.25) is 0 Å². The van der Waals surface area contributed by atoms with Gasteiger partial charge in [0.15, 0.2) is 0 Å². The maximum Gasteiger partial charge on any atom is 0.0541 e. The van der Waals surface area contributed by atoms with Crippen LogP contribution in [0.3, 0.4) is 0 Å². The normalized spacial score (nSPS) is 12.5. The molecule has 0 saturated carbocycles. The molecule has 1 heterocycles. The molecule has 0 atom stereocenters. The van der Waals surface area contributed by atoms with E-state index in [2.05, 4.69) is 242 Å². The molecule has 63 heavy (non-hydrogen) atoms. The Balaban J connectivity index is 0.00000113. The first-order valence-electron chi connectivity index (χ1n) is 22.0. The number of nitrogens with zero attached hydrogens (tertiary/aromatic N) is 2. The maximum atomic E-state index is 2.42. The number of fused-ring (bicyclic) bond motifs is 6. The molecule has 9 aromatic carbocycles. The summed E-state index contributed by atoms with van der Waals surface area (Å²) in [7, 11) is 0. The minimum Gasteiger partial charge on any atom is -0.310 e. The topological polar surface area (TPSA) is 8.17 Å². The third-order valence-electron chi connectivity index (χ3n) is 12.7. The average molecular weight is 811 g/mol. The lowest BCUT2D eigenvalue weighted by Crippen LogP contribution is -2.16. The lowest BCUT2D eigenvalue weighted by atomic mass is 9.81. The van der Waals surface area contributed by atoms with Crippen LogP contribution >= 0.6 is 0 Å². The zero-order valence-corrected chi connectivity index (χ0v) is 36.3. The van der Waals surface area contributed by atoms with Crippen molar-refractivity contribution in [3.63, 3.8) is 0 Å². The van der Waals surface area contributed by atoms with E-state index in [-0.39, 0.29) is 5.41 Å². The van der Waals surface area contributed by atoms with Crippen molar-refractivity contribution in [2.45, 2.75) is 33.1 Å². The zero-order valence-electron chi connectivity index (χ0n) is 36.3. The van der Waals surface area contributed by atoms with Crippen LogP contribution < -0.4 is 4.90 Å². The van der Waals surface area contributed by atoms with Gasteiger partial charge in [-0.05, 0) is 142 Å². The molecule has 11 rings (SSSR count). The van der Waals surface area contributed by atoms with E-state index in [1.54, 1.807) is 0 Å². The Morgan fingerprint density at radius 2 is 0.810 bits per heavy atom. The highest BCUT2D eigenvalue weighted by molar-refractivity contribution is 6.10. The predicted octanol–water partition coefficient (Wildman–Crippen LogP) is 17.1. The highest BCUT2D eigenvalue weighted by Gasteiger charge is 2.36. The van der Waals surface area contributed by atoms with Gasteiger partial charge in [0.2, 0.25) is 0 Å². The van der Waals surface area contributed by atoms with Gasteiger partial charge in [0.25, 0.3) is 0 Å². The molecule has 10 aromatic rings. The van der Waals surface area contributed by atoms with Gasteiger partial charge < -0.3 is 9.47 Å². The number of para-hydroxylation sites is 3. The summed E-state index contributed by atoms with van der Waals surface area (Å²) >= 11 is 0. The Labute approximate surface area is 371 Å². The summed E-state index contributed by atoms with van der Waals surface area (Å²) in [6.45, 7) is 8.75. The fraction of sp³-hybridized carbons (Fsp3) is 0.0820. The van der Waals surface area contributed by atoms with Crippen LogP contribution in [-0.4, -0.2) is 4.57 Å². The molecule has 1 aliphatic carbocycles. The van der Waals surface area contributed by atoms with Gasteiger partial charge in [0.05, 0.1) is 11.0 Å². The van der Waals surface area contributed by atoms with Crippen LogP contribution in [0.4, 0.5) is 17.1 Å². The number of anilines is 3. The minimum atomic E-state index is -0.176. The average Bonchev–Trinajstić information content (AvgIpc) is 3.80. The van der Waals surface area contributed by atoms with Gasteiger partial charge >= 0.3 is 0 Å². The summed E-state index contributed by atoms with van der Waals surface area (Å²) in [5, 5.41) is 2.53. The molecule has 2 nitrogen and oxygen atoms in total. The van der Waals surface area contributed by atoms with E-state index < -0.39 is 0 Å². The quantitative estimate of drug-likeness (QED) is 0.146. The first-order chi connectivity index (χ1) is 30.9. The molecular formula is C61H50N2. The fourth-order valence-corrected chi connectivity index (χ4v) is 9.36. The van der Waals surface area contributed by atoms with E-state index in [9.17, 15) is 0 Å². The Kier molecular flexibility index (Phi) is 10.4. The van der Waals surface area contributed by atoms with Crippen molar-refractivity contribution in [3.05, 3.63) is 242 Å². The number of hydrogen-bond donors (Lipinski definition) is 0. The molecule has 0 fully saturated rings. The predicted molar refractivity (Wildman–Crippen MR) is 270 cm³/mol. The van der Waals surface area contributed by atoms with Crippen molar-refractivity contribution in [2.24, 2.45) is 0 Å². The van der Waals surface area contributed by atoms with Crippen molar-refractivity contribution >= 4 is 38.9 Å². The molecule has 0 bridgehead atoms. The maximum absolute atomic E-state index is 2.42. The third-order valence-corrected chi connectivity index (χ3v) is 12.7. The van der Waals surface area contributed by atoms with Crippen LogP contribution in [0.15, 0.2) is 231 Å². The fourth-order valence-electron chi connectivity index (χ4n) is 9.36. The van der Waals surface area contributed by atoms with Gasteiger partial charge in [0, 0.05) is 38.9 Å². The second kappa shape index (κ2) is 16.6. The summed E-state index contributed by atoms with van der Waals surface area (Å²) in [5.74, 6) is 0. The summed E-state index contributed by atoms with van der Waals surface area (Å²) < 4.78 is 2.37. The molecule has 0 amide bonds. The zero-order chi connectivity index (χ0) is 42.9.